The third-order valence-corrected chi connectivity index (χ3v) is 3.84. The highest BCUT2D eigenvalue weighted by Gasteiger charge is 2.21. The molecule has 0 aliphatic carbocycles. The summed E-state index contributed by atoms with van der Waals surface area (Å²) in [5.41, 5.74) is 0. The maximum Gasteiger partial charge on any atom is 0.133 e. The molecule has 0 heterocycles. The van der Waals surface area contributed by atoms with Crippen LogP contribution in [0.25, 0.3) is 0 Å². The normalized spacial score (nSPS) is 15.8. The molecule has 0 aromatic rings. The Morgan fingerprint density at radius 3 is 1.31 bits per heavy atom. The quantitative estimate of drug-likeness (QED) is 0.619. The smallest absolute Gasteiger partial charge is 0.133 e. The highest BCUT2D eigenvalue weighted by molar-refractivity contribution is 8.01. The van der Waals surface area contributed by atoms with Crippen molar-refractivity contribution in [1.29, 1.82) is 0 Å². The molecule has 0 aliphatic rings. The van der Waals surface area contributed by atoms with Gasteiger partial charge in [-0.15, -0.1) is 11.8 Å². The highest BCUT2D eigenvalue weighted by Crippen LogP contribution is 2.25. The van der Waals surface area contributed by atoms with Gasteiger partial charge in [-0.2, -0.15) is 0 Å². The number of rotatable bonds is 6. The molecular formula is C10H18O2S. The minimum absolute atomic E-state index is 0.0578. The van der Waals surface area contributed by atoms with E-state index in [1.165, 1.54) is 11.8 Å². The third kappa shape index (κ3) is 4.46. The molecule has 0 bridgehead atoms. The maximum absolute atomic E-state index is 10.7. The molecule has 2 atom stereocenters. The molecule has 0 amide bonds. The van der Waals surface area contributed by atoms with E-state index in [1.807, 2.05) is 27.7 Å². The van der Waals surface area contributed by atoms with Crippen molar-refractivity contribution in [3.8, 4) is 0 Å². The minimum Gasteiger partial charge on any atom is -0.302 e. The number of hydrogen-bond acceptors (Lipinski definition) is 3. The van der Waals surface area contributed by atoms with Crippen LogP contribution in [0.5, 0.6) is 0 Å². The molecule has 0 rings (SSSR count). The Morgan fingerprint density at radius 1 is 0.846 bits per heavy atom. The lowest BCUT2D eigenvalue weighted by Crippen LogP contribution is -2.22. The summed E-state index contributed by atoms with van der Waals surface area (Å²) in [7, 11) is 0. The van der Waals surface area contributed by atoms with Gasteiger partial charge in [-0.1, -0.05) is 27.7 Å². The molecule has 0 fully saturated rings. The molecule has 13 heavy (non-hydrogen) atoms. The first-order chi connectivity index (χ1) is 6.02. The van der Waals surface area contributed by atoms with E-state index in [1.54, 1.807) is 0 Å². The van der Waals surface area contributed by atoms with Gasteiger partial charge in [0.1, 0.15) is 12.6 Å². The molecule has 0 saturated heterocycles. The lowest BCUT2D eigenvalue weighted by molar-refractivity contribution is -0.108. The van der Waals surface area contributed by atoms with Crippen LogP contribution >= 0.6 is 11.8 Å². The van der Waals surface area contributed by atoms with Gasteiger partial charge in [-0.3, -0.25) is 0 Å². The van der Waals surface area contributed by atoms with E-state index < -0.39 is 0 Å². The zero-order valence-electron chi connectivity index (χ0n) is 8.69. The lowest BCUT2D eigenvalue weighted by atomic mass is 10.1. The molecule has 0 saturated carbocycles. The Balaban J connectivity index is 4.19. The Bertz CT molecular complexity index is 148. The van der Waals surface area contributed by atoms with Crippen molar-refractivity contribution < 1.29 is 9.59 Å². The van der Waals surface area contributed by atoms with Crippen LogP contribution in [-0.4, -0.2) is 23.1 Å². The Hall–Kier alpha value is -0.310. The topological polar surface area (TPSA) is 34.1 Å². The van der Waals surface area contributed by atoms with Gasteiger partial charge in [0.2, 0.25) is 0 Å². The van der Waals surface area contributed by atoms with E-state index in [0.717, 1.165) is 12.6 Å². The Labute approximate surface area is 84.5 Å². The zero-order chi connectivity index (χ0) is 10.4. The van der Waals surface area contributed by atoms with Crippen molar-refractivity contribution in [2.45, 2.75) is 38.2 Å². The summed E-state index contributed by atoms with van der Waals surface area (Å²) in [5, 5.41) is -0.116. The number of aldehydes is 2. The van der Waals surface area contributed by atoms with Gasteiger partial charge in [-0.25, -0.2) is 0 Å². The molecule has 0 aromatic heterocycles. The molecule has 3 heteroatoms. The van der Waals surface area contributed by atoms with Crippen molar-refractivity contribution in [2.24, 2.45) is 11.8 Å². The Kier molecular flexibility index (Phi) is 6.04. The van der Waals surface area contributed by atoms with E-state index in [0.29, 0.717) is 11.8 Å². The monoisotopic (exact) mass is 202 g/mol. The van der Waals surface area contributed by atoms with Gasteiger partial charge < -0.3 is 9.59 Å². The average molecular weight is 202 g/mol. The van der Waals surface area contributed by atoms with Crippen LogP contribution < -0.4 is 0 Å². The first-order valence-corrected chi connectivity index (χ1v) is 5.53. The second-order valence-electron chi connectivity index (χ2n) is 3.83. The second kappa shape index (κ2) is 6.19. The van der Waals surface area contributed by atoms with Crippen molar-refractivity contribution in [3.63, 3.8) is 0 Å². The Morgan fingerprint density at radius 2 is 1.15 bits per heavy atom. The molecule has 2 nitrogen and oxygen atoms in total. The van der Waals surface area contributed by atoms with Crippen molar-refractivity contribution >= 4 is 24.3 Å². The predicted octanol–water partition coefficient (Wildman–Crippen LogP) is 2.17. The summed E-state index contributed by atoms with van der Waals surface area (Å²) in [4.78, 5) is 21.4. The molecule has 0 N–H and O–H groups in total. The van der Waals surface area contributed by atoms with Crippen LogP contribution in [0.1, 0.15) is 27.7 Å². The molecule has 76 valence electrons. The lowest BCUT2D eigenvalue weighted by Gasteiger charge is -2.20. The van der Waals surface area contributed by atoms with Crippen LogP contribution in [0.15, 0.2) is 0 Å². The summed E-state index contributed by atoms with van der Waals surface area (Å²) in [6.45, 7) is 7.98. The highest BCUT2D eigenvalue weighted by atomic mass is 32.2. The molecule has 0 spiro atoms. The second-order valence-corrected chi connectivity index (χ2v) is 5.19. The standard InChI is InChI=1S/C10H18O2S/c1-7(2)9(5-11)13-10(6-12)8(3)4/h5-10H,1-4H3. The largest absolute Gasteiger partial charge is 0.302 e. The van der Waals surface area contributed by atoms with E-state index in [9.17, 15) is 9.59 Å². The fourth-order valence-corrected chi connectivity index (χ4v) is 1.99. The van der Waals surface area contributed by atoms with Crippen LogP contribution in [-0.2, 0) is 9.59 Å². The summed E-state index contributed by atoms with van der Waals surface area (Å²) in [6.07, 6.45) is 1.88. The minimum atomic E-state index is -0.0578. The number of thioether (sulfide) groups is 1. The fraction of sp³-hybridized carbons (Fsp3) is 0.800. The van der Waals surface area contributed by atoms with Crippen LogP contribution in [0.2, 0.25) is 0 Å². The number of carbonyl (C=O) groups excluding carboxylic acids is 2. The van der Waals surface area contributed by atoms with Gasteiger partial charge >= 0.3 is 0 Å². The number of carbonyl (C=O) groups is 2. The van der Waals surface area contributed by atoms with Crippen molar-refractivity contribution in [3.05, 3.63) is 0 Å². The first kappa shape index (κ1) is 12.7. The van der Waals surface area contributed by atoms with E-state index in [-0.39, 0.29) is 10.5 Å². The zero-order valence-corrected chi connectivity index (χ0v) is 9.51. The summed E-state index contributed by atoms with van der Waals surface area (Å²) >= 11 is 1.47. The molecule has 0 radical (unpaired) electrons. The van der Waals surface area contributed by atoms with E-state index >= 15 is 0 Å². The van der Waals surface area contributed by atoms with Gasteiger partial charge in [0.05, 0.1) is 10.5 Å². The first-order valence-electron chi connectivity index (χ1n) is 4.59. The molecule has 2 unspecified atom stereocenters. The maximum atomic E-state index is 10.7. The summed E-state index contributed by atoms with van der Waals surface area (Å²) in [5.74, 6) is 0.590. The fourth-order valence-electron chi connectivity index (χ4n) is 0.874. The summed E-state index contributed by atoms with van der Waals surface area (Å²) < 4.78 is 0. The van der Waals surface area contributed by atoms with Crippen LogP contribution in [0.3, 0.4) is 0 Å². The van der Waals surface area contributed by atoms with Crippen LogP contribution in [0.4, 0.5) is 0 Å². The van der Waals surface area contributed by atoms with Crippen molar-refractivity contribution in [1.82, 2.24) is 0 Å². The molecule has 0 aliphatic heterocycles. The van der Waals surface area contributed by atoms with Crippen molar-refractivity contribution in [2.75, 3.05) is 0 Å². The summed E-state index contributed by atoms with van der Waals surface area (Å²) in [6, 6.07) is 0. The van der Waals surface area contributed by atoms with Gasteiger partial charge in [-0.05, 0) is 11.8 Å². The van der Waals surface area contributed by atoms with E-state index in [2.05, 4.69) is 0 Å². The van der Waals surface area contributed by atoms with Gasteiger partial charge in [0.25, 0.3) is 0 Å². The van der Waals surface area contributed by atoms with E-state index in [4.69, 9.17) is 0 Å². The third-order valence-electron chi connectivity index (χ3n) is 1.90. The van der Waals surface area contributed by atoms with Crippen LogP contribution in [0, 0.1) is 11.8 Å². The molecule has 0 aromatic carbocycles. The number of hydrogen-bond donors (Lipinski definition) is 0. The van der Waals surface area contributed by atoms with Gasteiger partial charge in [0.15, 0.2) is 0 Å². The SMILES string of the molecule is CC(C)C(C=O)SC(C=O)C(C)C. The predicted molar refractivity (Wildman–Crippen MR) is 57.0 cm³/mol. The molecular weight excluding hydrogens is 184 g/mol. The average Bonchev–Trinajstić information content (AvgIpc) is 2.05. The van der Waals surface area contributed by atoms with Gasteiger partial charge in [0, 0.05) is 0 Å².